The number of amides is 1. The Balaban J connectivity index is 2.10. The minimum atomic E-state index is -0.386. The molecule has 0 bridgehead atoms. The van der Waals surface area contributed by atoms with Gasteiger partial charge in [0.15, 0.2) is 0 Å². The van der Waals surface area contributed by atoms with Crippen LogP contribution in [0.5, 0.6) is 5.75 Å². The van der Waals surface area contributed by atoms with E-state index in [9.17, 15) is 9.59 Å². The first-order valence-corrected chi connectivity index (χ1v) is 9.71. The fourth-order valence-corrected chi connectivity index (χ4v) is 2.67. The van der Waals surface area contributed by atoms with Crippen LogP contribution in [0.25, 0.3) is 0 Å². The van der Waals surface area contributed by atoms with Gasteiger partial charge in [0.2, 0.25) is 0 Å². The predicted molar refractivity (Wildman–Crippen MR) is 109 cm³/mol. The van der Waals surface area contributed by atoms with Gasteiger partial charge in [0.25, 0.3) is 5.91 Å². The fraction of sp³-hybridized carbons (Fsp3) is 0.333. The average Bonchev–Trinajstić information content (AvgIpc) is 2.63. The Morgan fingerprint density at radius 2 is 1.81 bits per heavy atom. The van der Waals surface area contributed by atoms with Crippen molar-refractivity contribution in [1.29, 1.82) is 0 Å². The molecule has 0 aliphatic rings. The summed E-state index contributed by atoms with van der Waals surface area (Å²) in [6, 6.07) is 11.9. The van der Waals surface area contributed by atoms with Crippen LogP contribution in [-0.2, 0) is 4.74 Å². The summed E-state index contributed by atoms with van der Waals surface area (Å²) in [5.41, 5.74) is 1.47. The second kappa shape index (κ2) is 10.1. The molecule has 0 saturated heterocycles. The molecule has 0 aliphatic heterocycles. The predicted octanol–water partition coefficient (Wildman–Crippen LogP) is 5.30. The lowest BCUT2D eigenvalue weighted by Gasteiger charge is -2.13. The van der Waals surface area contributed by atoms with Crippen molar-refractivity contribution >= 4 is 33.5 Å². The molecule has 6 heteroatoms. The molecular formula is C21H24BrNO4. The maximum atomic E-state index is 12.7. The van der Waals surface area contributed by atoms with Crippen molar-refractivity contribution in [1.82, 2.24) is 0 Å². The normalized spacial score (nSPS) is 10.6. The maximum Gasteiger partial charge on any atom is 0.338 e. The van der Waals surface area contributed by atoms with Gasteiger partial charge in [0.1, 0.15) is 5.75 Å². The van der Waals surface area contributed by atoms with Gasteiger partial charge < -0.3 is 14.8 Å². The zero-order valence-corrected chi connectivity index (χ0v) is 17.3. The second-order valence-corrected chi connectivity index (χ2v) is 7.34. The van der Waals surface area contributed by atoms with Crippen molar-refractivity contribution in [3.8, 4) is 5.75 Å². The van der Waals surface area contributed by atoms with Crippen molar-refractivity contribution in [2.75, 3.05) is 18.5 Å². The highest BCUT2D eigenvalue weighted by Gasteiger charge is 2.14. The molecule has 0 heterocycles. The minimum Gasteiger partial charge on any atom is -0.493 e. The van der Waals surface area contributed by atoms with Gasteiger partial charge in [-0.15, -0.1) is 0 Å². The van der Waals surface area contributed by atoms with Crippen molar-refractivity contribution in [3.63, 3.8) is 0 Å². The van der Waals surface area contributed by atoms with Crippen LogP contribution in [0.1, 0.15) is 47.9 Å². The number of carbonyl (C=O) groups is 2. The molecule has 0 aliphatic carbocycles. The molecule has 0 unspecified atom stereocenters. The number of halogens is 1. The molecule has 1 amide bonds. The van der Waals surface area contributed by atoms with Crippen LogP contribution in [0.3, 0.4) is 0 Å². The molecular weight excluding hydrogens is 410 g/mol. The van der Waals surface area contributed by atoms with Gasteiger partial charge in [-0.05, 0) is 61.7 Å². The van der Waals surface area contributed by atoms with E-state index >= 15 is 0 Å². The minimum absolute atomic E-state index is 0.278. The highest BCUT2D eigenvalue weighted by molar-refractivity contribution is 9.10. The Bertz CT molecular complexity index is 787. The van der Waals surface area contributed by atoms with Crippen LogP contribution in [0, 0.1) is 5.92 Å². The van der Waals surface area contributed by atoms with E-state index in [1.54, 1.807) is 43.3 Å². The number of rotatable bonds is 8. The highest BCUT2D eigenvalue weighted by Crippen LogP contribution is 2.25. The van der Waals surface area contributed by atoms with Gasteiger partial charge in [-0.2, -0.15) is 0 Å². The summed E-state index contributed by atoms with van der Waals surface area (Å²) in [5, 5.41) is 2.83. The zero-order chi connectivity index (χ0) is 19.8. The van der Waals surface area contributed by atoms with Crippen LogP contribution < -0.4 is 10.1 Å². The van der Waals surface area contributed by atoms with Gasteiger partial charge in [-0.25, -0.2) is 4.79 Å². The number of anilines is 1. The Morgan fingerprint density at radius 3 is 2.44 bits per heavy atom. The molecule has 27 heavy (non-hydrogen) atoms. The van der Waals surface area contributed by atoms with Crippen molar-refractivity contribution in [2.24, 2.45) is 5.92 Å². The largest absolute Gasteiger partial charge is 0.493 e. The van der Waals surface area contributed by atoms with Crippen LogP contribution in [-0.4, -0.2) is 25.1 Å². The summed E-state index contributed by atoms with van der Waals surface area (Å²) in [7, 11) is 0. The summed E-state index contributed by atoms with van der Waals surface area (Å²) in [6.07, 6.45) is 0.909. The third-order valence-corrected chi connectivity index (χ3v) is 4.29. The van der Waals surface area contributed by atoms with E-state index in [1.165, 1.54) is 0 Å². The van der Waals surface area contributed by atoms with E-state index < -0.39 is 0 Å². The topological polar surface area (TPSA) is 64.6 Å². The van der Waals surface area contributed by atoms with Gasteiger partial charge in [0, 0.05) is 10.2 Å². The number of hydrogen-bond donors (Lipinski definition) is 1. The summed E-state index contributed by atoms with van der Waals surface area (Å²) in [5.74, 6) is 0.401. The smallest absolute Gasteiger partial charge is 0.338 e. The summed E-state index contributed by atoms with van der Waals surface area (Å²) in [4.78, 5) is 24.4. The Hall–Kier alpha value is -2.34. The van der Waals surface area contributed by atoms with Crippen LogP contribution in [0.15, 0.2) is 46.9 Å². The number of ether oxygens (including phenoxy) is 2. The van der Waals surface area contributed by atoms with E-state index in [2.05, 4.69) is 35.1 Å². The molecule has 0 aromatic heterocycles. The Morgan fingerprint density at radius 1 is 1.11 bits per heavy atom. The fourth-order valence-electron chi connectivity index (χ4n) is 2.31. The first-order valence-electron chi connectivity index (χ1n) is 8.91. The summed E-state index contributed by atoms with van der Waals surface area (Å²) in [6.45, 7) is 6.87. The lowest BCUT2D eigenvalue weighted by Crippen LogP contribution is -2.14. The summed E-state index contributed by atoms with van der Waals surface area (Å²) >= 11 is 3.39. The lowest BCUT2D eigenvalue weighted by atomic mass is 10.1. The molecule has 2 aromatic carbocycles. The molecule has 0 atom stereocenters. The molecule has 5 nitrogen and oxygen atoms in total. The second-order valence-electron chi connectivity index (χ2n) is 6.42. The quantitative estimate of drug-likeness (QED) is 0.573. The van der Waals surface area contributed by atoms with Gasteiger partial charge >= 0.3 is 5.97 Å². The maximum absolute atomic E-state index is 12.7. The third kappa shape index (κ3) is 6.40. The number of carbonyl (C=O) groups excluding carboxylic acids is 2. The molecule has 0 saturated carbocycles. The van der Waals surface area contributed by atoms with E-state index in [1.807, 2.05) is 6.07 Å². The van der Waals surface area contributed by atoms with Gasteiger partial charge in [0.05, 0.1) is 24.3 Å². The Kier molecular flexibility index (Phi) is 7.85. The number of hydrogen-bond acceptors (Lipinski definition) is 4. The lowest BCUT2D eigenvalue weighted by molar-refractivity contribution is 0.0526. The van der Waals surface area contributed by atoms with Crippen molar-refractivity contribution in [3.05, 3.63) is 58.1 Å². The molecule has 1 N–H and O–H groups in total. The average molecular weight is 434 g/mol. The first kappa shape index (κ1) is 21.0. The molecule has 0 spiro atoms. The highest BCUT2D eigenvalue weighted by atomic mass is 79.9. The van der Waals surface area contributed by atoms with E-state index in [0.29, 0.717) is 41.7 Å². The Labute approximate surface area is 168 Å². The summed E-state index contributed by atoms with van der Waals surface area (Å²) < 4.78 is 11.5. The molecule has 144 valence electrons. The first-order chi connectivity index (χ1) is 12.9. The van der Waals surface area contributed by atoms with Crippen LogP contribution in [0.4, 0.5) is 5.69 Å². The number of esters is 1. The van der Waals surface area contributed by atoms with E-state index in [4.69, 9.17) is 9.47 Å². The monoisotopic (exact) mass is 433 g/mol. The standard InChI is InChI=1S/C21H24BrNO4/c1-4-26-21(25)15-5-8-17(9-6-15)23-20(24)18-13-16(22)7-10-19(18)27-12-11-14(2)3/h5-10,13-14H,4,11-12H2,1-3H3,(H,23,24). The molecule has 2 aromatic rings. The van der Waals surface area contributed by atoms with Crippen molar-refractivity contribution in [2.45, 2.75) is 27.2 Å². The van der Waals surface area contributed by atoms with Crippen LogP contribution in [0.2, 0.25) is 0 Å². The van der Waals surface area contributed by atoms with E-state index in [-0.39, 0.29) is 11.9 Å². The molecule has 0 fully saturated rings. The number of benzene rings is 2. The third-order valence-electron chi connectivity index (χ3n) is 3.79. The number of nitrogens with one attached hydrogen (secondary N) is 1. The van der Waals surface area contributed by atoms with Crippen molar-refractivity contribution < 1.29 is 19.1 Å². The van der Waals surface area contributed by atoms with Gasteiger partial charge in [-0.3, -0.25) is 4.79 Å². The zero-order valence-electron chi connectivity index (χ0n) is 15.8. The SMILES string of the molecule is CCOC(=O)c1ccc(NC(=O)c2cc(Br)ccc2OCCC(C)C)cc1. The van der Waals surface area contributed by atoms with E-state index in [0.717, 1.165) is 10.9 Å². The molecule has 2 rings (SSSR count). The molecule has 0 radical (unpaired) electrons. The van der Waals surface area contributed by atoms with Gasteiger partial charge in [-0.1, -0.05) is 29.8 Å². The van der Waals surface area contributed by atoms with Crippen LogP contribution >= 0.6 is 15.9 Å².